The average molecular weight is 174 g/mol. The second kappa shape index (κ2) is 5.55. The van der Waals surface area contributed by atoms with Crippen molar-refractivity contribution in [3.05, 3.63) is 0 Å². The summed E-state index contributed by atoms with van der Waals surface area (Å²) in [6.07, 6.45) is 3.66. The van der Waals surface area contributed by atoms with Gasteiger partial charge in [0.05, 0.1) is 5.60 Å². The summed E-state index contributed by atoms with van der Waals surface area (Å²) in [6.45, 7) is 6.15. The van der Waals surface area contributed by atoms with E-state index >= 15 is 0 Å². The molecule has 0 fully saturated rings. The molecule has 74 valence electrons. The van der Waals surface area contributed by atoms with Gasteiger partial charge in [-0.3, -0.25) is 0 Å². The van der Waals surface area contributed by atoms with Gasteiger partial charge in [-0.2, -0.15) is 0 Å². The second-order valence-corrected chi connectivity index (χ2v) is 4.03. The zero-order valence-corrected chi connectivity index (χ0v) is 8.51. The quantitative estimate of drug-likeness (QED) is 0.646. The maximum atomic E-state index is 9.65. The highest BCUT2D eigenvalue weighted by Gasteiger charge is 2.16. The molecule has 0 aliphatic heterocycles. The first-order chi connectivity index (χ1) is 5.52. The predicted octanol–water partition coefficient (Wildman–Crippen LogP) is 1.95. The summed E-state index contributed by atoms with van der Waals surface area (Å²) in [4.78, 5) is 0. The fourth-order valence-corrected chi connectivity index (χ4v) is 1.10. The molecule has 0 aliphatic carbocycles. The van der Waals surface area contributed by atoms with Gasteiger partial charge in [0.15, 0.2) is 0 Å². The Kier molecular flexibility index (Phi) is 5.51. The Labute approximate surface area is 75.6 Å². The average Bonchev–Trinajstić information content (AvgIpc) is 2.04. The summed E-state index contributed by atoms with van der Waals surface area (Å²) < 4.78 is 0. The molecular weight excluding hydrogens is 152 g/mol. The van der Waals surface area contributed by atoms with Crippen molar-refractivity contribution in [2.45, 2.75) is 52.1 Å². The number of rotatable bonds is 6. The Bertz CT molecular complexity index is 110. The molecule has 0 aromatic rings. The summed E-state index contributed by atoms with van der Waals surface area (Å²) >= 11 is 0. The van der Waals surface area contributed by atoms with E-state index in [0.29, 0.717) is 5.92 Å². The molecule has 0 saturated heterocycles. The topological polar surface area (TPSA) is 40.5 Å². The van der Waals surface area contributed by atoms with E-state index in [4.69, 9.17) is 5.11 Å². The van der Waals surface area contributed by atoms with Crippen LogP contribution in [-0.2, 0) is 0 Å². The van der Waals surface area contributed by atoms with Crippen LogP contribution in [0.25, 0.3) is 0 Å². The van der Waals surface area contributed by atoms with Gasteiger partial charge in [0.2, 0.25) is 0 Å². The third-order valence-corrected chi connectivity index (χ3v) is 2.49. The minimum atomic E-state index is -0.505. The third kappa shape index (κ3) is 5.56. The van der Waals surface area contributed by atoms with Crippen molar-refractivity contribution in [1.82, 2.24) is 0 Å². The molecule has 12 heavy (non-hydrogen) atoms. The second-order valence-electron chi connectivity index (χ2n) is 4.03. The van der Waals surface area contributed by atoms with Crippen LogP contribution in [0.15, 0.2) is 0 Å². The molecular formula is C10H22O2. The summed E-state index contributed by atoms with van der Waals surface area (Å²) in [6, 6.07) is 0. The number of hydrogen-bond acceptors (Lipinski definition) is 2. The van der Waals surface area contributed by atoms with Gasteiger partial charge in [0.1, 0.15) is 0 Å². The summed E-state index contributed by atoms with van der Waals surface area (Å²) in [5, 5.41) is 18.4. The van der Waals surface area contributed by atoms with Gasteiger partial charge in [-0.05, 0) is 32.1 Å². The first-order valence-electron chi connectivity index (χ1n) is 4.85. The number of aliphatic hydroxyl groups excluding tert-OH is 1. The maximum absolute atomic E-state index is 9.65. The molecule has 0 amide bonds. The summed E-state index contributed by atoms with van der Waals surface area (Å²) in [7, 11) is 0. The van der Waals surface area contributed by atoms with Crippen molar-refractivity contribution in [2.24, 2.45) is 5.92 Å². The van der Waals surface area contributed by atoms with Crippen LogP contribution in [-0.4, -0.2) is 22.4 Å². The van der Waals surface area contributed by atoms with Crippen LogP contribution in [0.3, 0.4) is 0 Å². The van der Waals surface area contributed by atoms with Gasteiger partial charge in [-0.1, -0.05) is 20.3 Å². The van der Waals surface area contributed by atoms with Crippen LogP contribution < -0.4 is 0 Å². The molecule has 2 heteroatoms. The first-order valence-corrected chi connectivity index (χ1v) is 4.85. The van der Waals surface area contributed by atoms with Crippen LogP contribution in [0.1, 0.15) is 46.5 Å². The monoisotopic (exact) mass is 174 g/mol. The Hall–Kier alpha value is -0.0800. The lowest BCUT2D eigenvalue weighted by atomic mass is 9.94. The largest absolute Gasteiger partial charge is 0.396 e. The number of hydrogen-bond donors (Lipinski definition) is 2. The normalized spacial score (nSPS) is 18.8. The molecule has 2 N–H and O–H groups in total. The van der Waals surface area contributed by atoms with Crippen molar-refractivity contribution in [3.8, 4) is 0 Å². The highest BCUT2D eigenvalue weighted by atomic mass is 16.3. The molecule has 2 nitrogen and oxygen atoms in total. The molecule has 0 aromatic carbocycles. The molecule has 2 unspecified atom stereocenters. The summed E-state index contributed by atoms with van der Waals surface area (Å²) in [5.74, 6) is 0.373. The van der Waals surface area contributed by atoms with E-state index in [1.807, 2.05) is 20.8 Å². The lowest BCUT2D eigenvalue weighted by molar-refractivity contribution is 0.0425. The lowest BCUT2D eigenvalue weighted by Crippen LogP contribution is -2.22. The van der Waals surface area contributed by atoms with Gasteiger partial charge < -0.3 is 10.2 Å². The Balaban J connectivity index is 3.42. The molecule has 0 aliphatic rings. The van der Waals surface area contributed by atoms with Crippen LogP contribution >= 0.6 is 0 Å². The number of aliphatic hydroxyl groups is 2. The SMILES string of the molecule is CCC(C)(O)CCCC(C)CO. The molecule has 0 saturated carbocycles. The smallest absolute Gasteiger partial charge is 0.0617 e. The van der Waals surface area contributed by atoms with Crippen molar-refractivity contribution in [2.75, 3.05) is 6.61 Å². The fourth-order valence-electron chi connectivity index (χ4n) is 1.10. The van der Waals surface area contributed by atoms with Gasteiger partial charge >= 0.3 is 0 Å². The predicted molar refractivity (Wildman–Crippen MR) is 51.0 cm³/mol. The minimum absolute atomic E-state index is 0.258. The molecule has 0 rings (SSSR count). The van der Waals surface area contributed by atoms with E-state index in [2.05, 4.69) is 0 Å². The van der Waals surface area contributed by atoms with Crippen LogP contribution in [0.5, 0.6) is 0 Å². The maximum Gasteiger partial charge on any atom is 0.0617 e. The molecule has 0 heterocycles. The highest BCUT2D eigenvalue weighted by Crippen LogP contribution is 2.18. The van der Waals surface area contributed by atoms with Crippen molar-refractivity contribution >= 4 is 0 Å². The third-order valence-electron chi connectivity index (χ3n) is 2.49. The molecule has 2 atom stereocenters. The van der Waals surface area contributed by atoms with Gasteiger partial charge in [0, 0.05) is 6.61 Å². The van der Waals surface area contributed by atoms with E-state index in [-0.39, 0.29) is 6.61 Å². The Morgan fingerprint density at radius 3 is 2.42 bits per heavy atom. The fraction of sp³-hybridized carbons (Fsp3) is 1.00. The minimum Gasteiger partial charge on any atom is -0.396 e. The van der Waals surface area contributed by atoms with Crippen LogP contribution in [0, 0.1) is 5.92 Å². The molecule has 0 bridgehead atoms. The molecule has 0 spiro atoms. The van der Waals surface area contributed by atoms with Gasteiger partial charge in [0.25, 0.3) is 0 Å². The van der Waals surface area contributed by atoms with Crippen LogP contribution in [0.4, 0.5) is 0 Å². The van der Waals surface area contributed by atoms with E-state index in [0.717, 1.165) is 25.7 Å². The molecule has 0 aromatic heterocycles. The Morgan fingerprint density at radius 2 is 2.00 bits per heavy atom. The Morgan fingerprint density at radius 1 is 1.42 bits per heavy atom. The highest BCUT2D eigenvalue weighted by molar-refractivity contribution is 4.70. The van der Waals surface area contributed by atoms with Gasteiger partial charge in [-0.15, -0.1) is 0 Å². The van der Waals surface area contributed by atoms with E-state index in [1.165, 1.54) is 0 Å². The molecule has 0 radical (unpaired) electrons. The zero-order chi connectivity index (χ0) is 9.61. The van der Waals surface area contributed by atoms with Gasteiger partial charge in [-0.25, -0.2) is 0 Å². The van der Waals surface area contributed by atoms with Crippen molar-refractivity contribution < 1.29 is 10.2 Å². The first kappa shape index (κ1) is 11.9. The zero-order valence-electron chi connectivity index (χ0n) is 8.51. The van der Waals surface area contributed by atoms with E-state index in [1.54, 1.807) is 0 Å². The van der Waals surface area contributed by atoms with Crippen molar-refractivity contribution in [1.29, 1.82) is 0 Å². The van der Waals surface area contributed by atoms with E-state index in [9.17, 15) is 5.11 Å². The van der Waals surface area contributed by atoms with E-state index < -0.39 is 5.60 Å². The standard InChI is InChI=1S/C10H22O2/c1-4-10(3,12)7-5-6-9(2)8-11/h9,11-12H,4-8H2,1-3H3. The van der Waals surface area contributed by atoms with Crippen molar-refractivity contribution in [3.63, 3.8) is 0 Å². The van der Waals surface area contributed by atoms with Crippen LogP contribution in [0.2, 0.25) is 0 Å². The summed E-state index contributed by atoms with van der Waals surface area (Å²) in [5.41, 5.74) is -0.505. The lowest BCUT2D eigenvalue weighted by Gasteiger charge is -2.21.